The van der Waals surface area contributed by atoms with E-state index in [4.69, 9.17) is 24.9 Å². The van der Waals surface area contributed by atoms with Crippen LogP contribution in [0.3, 0.4) is 0 Å². The van der Waals surface area contributed by atoms with E-state index in [1.54, 1.807) is 0 Å². The molecule has 0 N–H and O–H groups in total. The van der Waals surface area contributed by atoms with Crippen molar-refractivity contribution in [2.75, 3.05) is 0 Å². The van der Waals surface area contributed by atoms with Gasteiger partial charge < -0.3 is 4.57 Å². The molecule has 0 spiro atoms. The summed E-state index contributed by atoms with van der Waals surface area (Å²) in [7, 11) is 0. The molecule has 10 aromatic carbocycles. The molecule has 0 bridgehead atoms. The highest BCUT2D eigenvalue weighted by Crippen LogP contribution is 2.45. The van der Waals surface area contributed by atoms with Crippen LogP contribution < -0.4 is 0 Å². The van der Waals surface area contributed by atoms with Crippen LogP contribution in [0.5, 0.6) is 0 Å². The number of hydrogen-bond donors (Lipinski definition) is 0. The standard InChI is InChI=1S/C34H21N3S.C33H20N4S/c1-3-11-22(12-4-1)31-29(21-35-34(36-31)23-13-5-2-6-14-23)37-28-17-9-7-15-24(28)26-19-20-27-25-16-8-10-18-30(25)38-33(27)32(26)37;1-3-11-21(12-4-1)31-34-32(22-13-5-2-6-14-22)36-33(35-31)37-27-17-9-7-15-23(27)25-19-20-26-24-16-8-10-18-28(24)38-30(26)29(25)37/h1-21H;1-20H. The minimum absolute atomic E-state index is 0.619. The summed E-state index contributed by atoms with van der Waals surface area (Å²) in [6, 6.07) is 84.4. The molecule has 0 fully saturated rings. The van der Waals surface area contributed by atoms with Crippen molar-refractivity contribution in [3.8, 4) is 57.1 Å². The number of hydrogen-bond acceptors (Lipinski definition) is 7. The molecule has 6 heterocycles. The van der Waals surface area contributed by atoms with Crippen LogP contribution >= 0.6 is 22.7 Å². The Kier molecular flexibility index (Phi) is 10.4. The minimum Gasteiger partial charge on any atom is -0.304 e. The zero-order chi connectivity index (χ0) is 50.1. The zero-order valence-corrected chi connectivity index (χ0v) is 42.3. The maximum atomic E-state index is 5.18. The van der Waals surface area contributed by atoms with Crippen molar-refractivity contribution in [3.05, 3.63) is 249 Å². The number of para-hydroxylation sites is 2. The fraction of sp³-hybridized carbons (Fsp3) is 0. The fourth-order valence-electron chi connectivity index (χ4n) is 10.9. The van der Waals surface area contributed by atoms with E-state index < -0.39 is 0 Å². The van der Waals surface area contributed by atoms with Gasteiger partial charge >= 0.3 is 0 Å². The largest absolute Gasteiger partial charge is 0.304 e. The van der Waals surface area contributed by atoms with Crippen LogP contribution in [0.15, 0.2) is 249 Å². The second-order valence-electron chi connectivity index (χ2n) is 18.8. The Labute approximate surface area is 444 Å². The highest BCUT2D eigenvalue weighted by molar-refractivity contribution is 7.27. The summed E-state index contributed by atoms with van der Waals surface area (Å²) in [6.45, 7) is 0. The van der Waals surface area contributed by atoms with Crippen molar-refractivity contribution in [2.45, 2.75) is 0 Å². The molecule has 7 nitrogen and oxygen atoms in total. The van der Waals surface area contributed by atoms with Gasteiger partial charge in [0.05, 0.1) is 49.0 Å². The third-order valence-electron chi connectivity index (χ3n) is 14.3. The van der Waals surface area contributed by atoms with Crippen LogP contribution in [-0.2, 0) is 0 Å². The SMILES string of the molecule is c1ccc(-c2nc(-c3ccccc3)nc(-n3c4ccccc4c4ccc5c6ccccc6sc5c43)n2)cc1.c1ccc(-c2ncc(-n3c4ccccc4c4ccc5c6ccccc6sc5c43)c(-c3ccccc3)n2)cc1. The Morgan fingerprint density at radius 3 is 1.20 bits per heavy atom. The number of benzene rings is 10. The van der Waals surface area contributed by atoms with Gasteiger partial charge in [0.25, 0.3) is 0 Å². The molecule has 9 heteroatoms. The van der Waals surface area contributed by atoms with Crippen LogP contribution in [-0.4, -0.2) is 34.1 Å². The lowest BCUT2D eigenvalue weighted by Gasteiger charge is -2.14. The van der Waals surface area contributed by atoms with Crippen LogP contribution in [0.4, 0.5) is 0 Å². The van der Waals surface area contributed by atoms with Crippen molar-refractivity contribution in [1.82, 2.24) is 34.1 Å². The molecule has 0 saturated heterocycles. The van der Waals surface area contributed by atoms with E-state index in [1.807, 2.05) is 114 Å². The molecular formula is C67H41N7S2. The molecule has 0 aliphatic carbocycles. The Balaban J connectivity index is 0.000000133. The Morgan fingerprint density at radius 1 is 0.289 bits per heavy atom. The number of fused-ring (bicyclic) bond motifs is 14. The molecule has 0 saturated carbocycles. The van der Waals surface area contributed by atoms with Gasteiger partial charge in [-0.1, -0.05) is 218 Å². The van der Waals surface area contributed by atoms with E-state index in [2.05, 4.69) is 167 Å². The van der Waals surface area contributed by atoms with Gasteiger partial charge in [-0.3, -0.25) is 4.57 Å². The summed E-state index contributed by atoms with van der Waals surface area (Å²) < 4.78 is 9.69. The first-order chi connectivity index (χ1) is 37.7. The molecule has 76 heavy (non-hydrogen) atoms. The smallest absolute Gasteiger partial charge is 0.238 e. The maximum absolute atomic E-state index is 5.18. The number of aromatic nitrogens is 7. The molecule has 16 rings (SSSR count). The fourth-order valence-corrected chi connectivity index (χ4v) is 13.4. The van der Waals surface area contributed by atoms with Crippen LogP contribution in [0.25, 0.3) is 141 Å². The Morgan fingerprint density at radius 2 is 0.684 bits per heavy atom. The van der Waals surface area contributed by atoms with E-state index in [0.717, 1.165) is 56.0 Å². The van der Waals surface area contributed by atoms with Crippen molar-refractivity contribution < 1.29 is 0 Å². The monoisotopic (exact) mass is 1010 g/mol. The summed E-state index contributed by atoms with van der Waals surface area (Å²) in [5.74, 6) is 2.66. The third-order valence-corrected chi connectivity index (χ3v) is 16.7. The van der Waals surface area contributed by atoms with Crippen LogP contribution in [0.2, 0.25) is 0 Å². The Bertz CT molecular complexity index is 4810. The second kappa shape index (κ2) is 18.1. The van der Waals surface area contributed by atoms with Gasteiger partial charge in [0.15, 0.2) is 17.5 Å². The molecule has 356 valence electrons. The van der Waals surface area contributed by atoms with E-state index in [1.165, 1.54) is 67.4 Å². The van der Waals surface area contributed by atoms with Crippen molar-refractivity contribution in [1.29, 1.82) is 0 Å². The summed E-state index contributed by atoms with van der Waals surface area (Å²) in [5, 5.41) is 9.96. The molecule has 0 aliphatic rings. The van der Waals surface area contributed by atoms with Crippen molar-refractivity contribution in [3.63, 3.8) is 0 Å². The first-order valence-corrected chi connectivity index (χ1v) is 26.9. The molecule has 0 radical (unpaired) electrons. The number of nitrogens with zero attached hydrogens (tertiary/aromatic N) is 7. The van der Waals surface area contributed by atoms with Crippen molar-refractivity contribution >= 4 is 107 Å². The summed E-state index contributed by atoms with van der Waals surface area (Å²) >= 11 is 3.68. The first kappa shape index (κ1) is 43.9. The minimum atomic E-state index is 0.619. The quantitative estimate of drug-likeness (QED) is 0.166. The van der Waals surface area contributed by atoms with Gasteiger partial charge in [0.2, 0.25) is 5.95 Å². The molecule has 0 amide bonds. The predicted molar refractivity (Wildman–Crippen MR) is 318 cm³/mol. The first-order valence-electron chi connectivity index (χ1n) is 25.2. The van der Waals surface area contributed by atoms with Gasteiger partial charge in [-0.2, -0.15) is 9.97 Å². The highest BCUT2D eigenvalue weighted by Gasteiger charge is 2.23. The molecule has 16 aromatic rings. The molecular weight excluding hydrogens is 967 g/mol. The van der Waals surface area contributed by atoms with Gasteiger partial charge in [0.1, 0.15) is 0 Å². The topological polar surface area (TPSA) is 74.3 Å². The van der Waals surface area contributed by atoms with Gasteiger partial charge in [-0.15, -0.1) is 22.7 Å². The molecule has 0 aliphatic heterocycles. The van der Waals surface area contributed by atoms with E-state index >= 15 is 0 Å². The summed E-state index contributed by atoms with van der Waals surface area (Å²) in [4.78, 5) is 25.1. The second-order valence-corrected chi connectivity index (χ2v) is 20.9. The average molecular weight is 1010 g/mol. The van der Waals surface area contributed by atoms with Crippen LogP contribution in [0.1, 0.15) is 0 Å². The predicted octanol–water partition coefficient (Wildman–Crippen LogP) is 17.9. The lowest BCUT2D eigenvalue weighted by atomic mass is 10.1. The van der Waals surface area contributed by atoms with E-state index in [-0.39, 0.29) is 0 Å². The van der Waals surface area contributed by atoms with E-state index in [9.17, 15) is 0 Å². The Hall–Kier alpha value is -9.67. The highest BCUT2D eigenvalue weighted by atomic mass is 32.1. The number of thiophene rings is 2. The third kappa shape index (κ3) is 7.20. The molecule has 0 atom stereocenters. The van der Waals surface area contributed by atoms with Crippen LogP contribution in [0, 0.1) is 0 Å². The molecule has 0 unspecified atom stereocenters. The number of rotatable bonds is 6. The summed E-state index contributed by atoms with van der Waals surface area (Å²) in [5.41, 5.74) is 10.5. The van der Waals surface area contributed by atoms with Gasteiger partial charge in [0, 0.05) is 74.7 Å². The summed E-state index contributed by atoms with van der Waals surface area (Å²) in [6.07, 6.45) is 2.00. The van der Waals surface area contributed by atoms with E-state index in [0.29, 0.717) is 17.6 Å². The zero-order valence-electron chi connectivity index (χ0n) is 40.6. The normalized spacial score (nSPS) is 11.7. The van der Waals surface area contributed by atoms with Gasteiger partial charge in [-0.05, 0) is 24.3 Å². The lowest BCUT2D eigenvalue weighted by molar-refractivity contribution is 0.955. The lowest BCUT2D eigenvalue weighted by Crippen LogP contribution is -2.06. The molecule has 6 aromatic heterocycles. The average Bonchev–Trinajstić information content (AvgIpc) is 4.39. The maximum Gasteiger partial charge on any atom is 0.238 e. The van der Waals surface area contributed by atoms with Crippen molar-refractivity contribution in [2.24, 2.45) is 0 Å². The van der Waals surface area contributed by atoms with Gasteiger partial charge in [-0.25, -0.2) is 15.0 Å².